The molecule has 0 N–H and O–H groups in total. The summed E-state index contributed by atoms with van der Waals surface area (Å²) in [5.74, 6) is 0. The number of rotatable bonds is 4. The standard InChI is InChI=1S/C17H17ClN3.ClH/c1-14-5-7-15(8-6-14)11-21-13-20(12-19-21)10-16-3-2-4-17(18)9-16;/h2-9,12-13H,10-11H2,1H3;1H/q+1;/p-1. The average molecular weight is 334 g/mol. The number of nitrogens with zero attached hydrogens (tertiary/aromatic N) is 3. The first kappa shape index (κ1) is 16.5. The molecule has 2 aromatic carbocycles. The predicted molar refractivity (Wildman–Crippen MR) is 83.3 cm³/mol. The fourth-order valence-corrected chi connectivity index (χ4v) is 2.47. The van der Waals surface area contributed by atoms with Crippen LogP contribution >= 0.6 is 11.6 Å². The van der Waals surface area contributed by atoms with Crippen molar-refractivity contribution in [2.45, 2.75) is 20.0 Å². The molecule has 114 valence electrons. The Hall–Kier alpha value is -1.84. The van der Waals surface area contributed by atoms with Crippen molar-refractivity contribution in [3.8, 4) is 0 Å². The molecule has 0 unspecified atom stereocenters. The summed E-state index contributed by atoms with van der Waals surface area (Å²) < 4.78 is 4.00. The number of hydrogen-bond donors (Lipinski definition) is 0. The Morgan fingerprint density at radius 2 is 1.86 bits per heavy atom. The van der Waals surface area contributed by atoms with E-state index in [1.807, 2.05) is 35.5 Å². The Morgan fingerprint density at radius 1 is 1.09 bits per heavy atom. The van der Waals surface area contributed by atoms with Gasteiger partial charge in [-0.15, -0.1) is 4.68 Å². The van der Waals surface area contributed by atoms with Crippen LogP contribution in [0, 0.1) is 6.92 Å². The van der Waals surface area contributed by atoms with Gasteiger partial charge in [-0.05, 0) is 30.2 Å². The van der Waals surface area contributed by atoms with Crippen LogP contribution in [0.25, 0.3) is 0 Å². The summed E-state index contributed by atoms with van der Waals surface area (Å²) in [6.07, 6.45) is 3.86. The molecule has 0 saturated carbocycles. The van der Waals surface area contributed by atoms with Gasteiger partial charge in [0.2, 0.25) is 6.33 Å². The van der Waals surface area contributed by atoms with Crippen LogP contribution in [0.1, 0.15) is 16.7 Å². The van der Waals surface area contributed by atoms with E-state index in [2.05, 4.69) is 46.9 Å². The van der Waals surface area contributed by atoms with E-state index in [1.54, 1.807) is 0 Å². The van der Waals surface area contributed by atoms with Gasteiger partial charge in [-0.25, -0.2) is 4.57 Å². The summed E-state index contributed by atoms with van der Waals surface area (Å²) in [6.45, 7) is 3.65. The van der Waals surface area contributed by atoms with Crippen molar-refractivity contribution in [2.24, 2.45) is 0 Å². The maximum atomic E-state index is 6.01. The third-order valence-electron chi connectivity index (χ3n) is 3.35. The monoisotopic (exact) mass is 333 g/mol. The lowest BCUT2D eigenvalue weighted by atomic mass is 10.1. The second kappa shape index (κ2) is 7.43. The van der Waals surface area contributed by atoms with Crippen molar-refractivity contribution < 1.29 is 17.0 Å². The molecule has 1 heterocycles. The van der Waals surface area contributed by atoms with Crippen molar-refractivity contribution in [1.82, 2.24) is 9.78 Å². The number of aryl methyl sites for hydroxylation is 1. The third kappa shape index (κ3) is 4.33. The maximum Gasteiger partial charge on any atom is 0.265 e. The van der Waals surface area contributed by atoms with Crippen LogP contribution < -0.4 is 17.0 Å². The van der Waals surface area contributed by atoms with E-state index in [1.165, 1.54) is 16.7 Å². The Labute approximate surface area is 141 Å². The molecule has 1 aromatic heterocycles. The molecule has 22 heavy (non-hydrogen) atoms. The SMILES string of the molecule is Cc1ccc(Cn2c[n+](Cc3cccc(Cl)c3)cn2)cc1.[Cl-]. The first-order valence-electron chi connectivity index (χ1n) is 6.90. The molecule has 0 atom stereocenters. The van der Waals surface area contributed by atoms with Gasteiger partial charge in [0.05, 0.1) is 6.54 Å². The predicted octanol–water partition coefficient (Wildman–Crippen LogP) is 0.233. The molecule has 5 heteroatoms. The van der Waals surface area contributed by atoms with Gasteiger partial charge in [0.25, 0.3) is 6.33 Å². The first-order valence-corrected chi connectivity index (χ1v) is 7.28. The van der Waals surface area contributed by atoms with Crippen LogP contribution in [0.5, 0.6) is 0 Å². The topological polar surface area (TPSA) is 21.7 Å². The Kier molecular flexibility index (Phi) is 5.58. The zero-order valence-electron chi connectivity index (χ0n) is 12.3. The number of hydrogen-bond acceptors (Lipinski definition) is 1. The third-order valence-corrected chi connectivity index (χ3v) is 3.58. The molecule has 0 radical (unpaired) electrons. The van der Waals surface area contributed by atoms with Crippen molar-refractivity contribution in [2.75, 3.05) is 0 Å². The van der Waals surface area contributed by atoms with Crippen molar-refractivity contribution >= 4 is 11.6 Å². The van der Waals surface area contributed by atoms with E-state index in [9.17, 15) is 0 Å². The fourth-order valence-electron chi connectivity index (χ4n) is 2.25. The van der Waals surface area contributed by atoms with Crippen LogP contribution in [-0.2, 0) is 13.1 Å². The maximum absolute atomic E-state index is 6.01. The molecular formula is C17H17Cl2N3. The molecular weight excluding hydrogens is 317 g/mol. The lowest BCUT2D eigenvalue weighted by Gasteiger charge is -1.99. The Morgan fingerprint density at radius 3 is 2.59 bits per heavy atom. The van der Waals surface area contributed by atoms with Gasteiger partial charge in [0.1, 0.15) is 6.54 Å². The summed E-state index contributed by atoms with van der Waals surface area (Å²) in [7, 11) is 0. The van der Waals surface area contributed by atoms with Crippen LogP contribution in [0.15, 0.2) is 61.2 Å². The molecule has 0 amide bonds. The number of aromatic nitrogens is 3. The van der Waals surface area contributed by atoms with Crippen LogP contribution in [0.4, 0.5) is 0 Å². The average Bonchev–Trinajstić information content (AvgIpc) is 2.89. The lowest BCUT2D eigenvalue weighted by molar-refractivity contribution is -0.689. The second-order valence-corrected chi connectivity index (χ2v) is 5.67. The molecule has 0 aliphatic rings. The minimum atomic E-state index is 0. The molecule has 0 saturated heterocycles. The van der Waals surface area contributed by atoms with E-state index in [4.69, 9.17) is 11.6 Å². The Bertz CT molecular complexity index is 736. The Balaban J connectivity index is 0.00000176. The molecule has 0 aliphatic heterocycles. The smallest absolute Gasteiger partial charge is 0.265 e. The van der Waals surface area contributed by atoms with Crippen LogP contribution in [0.2, 0.25) is 5.02 Å². The van der Waals surface area contributed by atoms with Gasteiger partial charge in [-0.3, -0.25) is 0 Å². The van der Waals surface area contributed by atoms with Gasteiger partial charge < -0.3 is 12.4 Å². The molecule has 3 aromatic rings. The highest BCUT2D eigenvalue weighted by molar-refractivity contribution is 6.30. The minimum absolute atomic E-state index is 0. The van der Waals surface area contributed by atoms with Gasteiger partial charge >= 0.3 is 0 Å². The molecule has 0 fully saturated rings. The number of halogens is 2. The van der Waals surface area contributed by atoms with Crippen molar-refractivity contribution in [3.05, 3.63) is 82.9 Å². The van der Waals surface area contributed by atoms with Gasteiger partial charge in [-0.2, -0.15) is 0 Å². The summed E-state index contributed by atoms with van der Waals surface area (Å²) in [5, 5.41) is 5.16. The van der Waals surface area contributed by atoms with Crippen molar-refractivity contribution in [3.63, 3.8) is 0 Å². The van der Waals surface area contributed by atoms with E-state index < -0.39 is 0 Å². The minimum Gasteiger partial charge on any atom is -1.00 e. The normalized spacial score (nSPS) is 10.3. The highest BCUT2D eigenvalue weighted by Crippen LogP contribution is 2.10. The van der Waals surface area contributed by atoms with E-state index in [0.29, 0.717) is 0 Å². The zero-order chi connectivity index (χ0) is 14.7. The largest absolute Gasteiger partial charge is 1.00 e. The summed E-state index contributed by atoms with van der Waals surface area (Å²) in [5.41, 5.74) is 3.69. The van der Waals surface area contributed by atoms with E-state index in [0.717, 1.165) is 18.1 Å². The van der Waals surface area contributed by atoms with Crippen molar-refractivity contribution in [1.29, 1.82) is 0 Å². The van der Waals surface area contributed by atoms with Gasteiger partial charge in [-0.1, -0.05) is 53.6 Å². The highest BCUT2D eigenvalue weighted by atomic mass is 35.5. The summed E-state index contributed by atoms with van der Waals surface area (Å²) in [6, 6.07) is 16.4. The quantitative estimate of drug-likeness (QED) is 0.626. The van der Waals surface area contributed by atoms with Gasteiger partial charge in [0.15, 0.2) is 0 Å². The van der Waals surface area contributed by atoms with Gasteiger partial charge in [0, 0.05) is 10.1 Å². The fraction of sp³-hybridized carbons (Fsp3) is 0.176. The van der Waals surface area contributed by atoms with E-state index in [-0.39, 0.29) is 12.4 Å². The second-order valence-electron chi connectivity index (χ2n) is 5.23. The number of benzene rings is 2. The molecule has 0 aliphatic carbocycles. The van der Waals surface area contributed by atoms with Crippen LogP contribution in [0.3, 0.4) is 0 Å². The molecule has 3 rings (SSSR count). The summed E-state index contributed by atoms with van der Waals surface area (Å²) >= 11 is 6.01. The first-order chi connectivity index (χ1) is 10.2. The van der Waals surface area contributed by atoms with E-state index >= 15 is 0 Å². The lowest BCUT2D eigenvalue weighted by Crippen LogP contribution is -3.00. The molecule has 0 bridgehead atoms. The molecule has 3 nitrogen and oxygen atoms in total. The van der Waals surface area contributed by atoms with Crippen LogP contribution in [-0.4, -0.2) is 9.78 Å². The highest BCUT2D eigenvalue weighted by Gasteiger charge is 2.07. The summed E-state index contributed by atoms with van der Waals surface area (Å²) in [4.78, 5) is 0. The molecule has 0 spiro atoms. The zero-order valence-corrected chi connectivity index (χ0v) is 13.8.